The molecule has 6 nitrogen and oxygen atoms in total. The predicted octanol–water partition coefficient (Wildman–Crippen LogP) is 5.70. The van der Waals surface area contributed by atoms with Crippen molar-refractivity contribution in [2.45, 2.75) is 11.7 Å². The van der Waals surface area contributed by atoms with Crippen LogP contribution in [0.3, 0.4) is 0 Å². The van der Waals surface area contributed by atoms with Crippen molar-refractivity contribution in [3.8, 4) is 16.9 Å². The van der Waals surface area contributed by atoms with Gasteiger partial charge in [0, 0.05) is 23.2 Å². The molecular formula is C24H20ClN3O3S2. The van der Waals surface area contributed by atoms with Gasteiger partial charge in [0.15, 0.2) is 5.16 Å². The van der Waals surface area contributed by atoms with Crippen LogP contribution in [-0.4, -0.2) is 28.3 Å². The number of thiophene rings is 1. The lowest BCUT2D eigenvalue weighted by atomic mass is 10.1. The molecule has 0 bridgehead atoms. The number of carbonyl (C=O) groups is 1. The number of ether oxygens (including phenoxy) is 1. The molecule has 0 aliphatic heterocycles. The first kappa shape index (κ1) is 23.1. The van der Waals surface area contributed by atoms with E-state index in [9.17, 15) is 9.59 Å². The summed E-state index contributed by atoms with van der Waals surface area (Å²) in [5.41, 5.74) is 2.23. The maximum Gasteiger partial charge on any atom is 0.263 e. The zero-order chi connectivity index (χ0) is 23.4. The van der Waals surface area contributed by atoms with E-state index < -0.39 is 0 Å². The Labute approximate surface area is 203 Å². The molecule has 0 aliphatic carbocycles. The minimum Gasteiger partial charge on any atom is -0.495 e. The summed E-state index contributed by atoms with van der Waals surface area (Å²) in [5, 5.41) is 6.20. The number of rotatable bonds is 8. The summed E-state index contributed by atoms with van der Waals surface area (Å²) >= 11 is 8.74. The molecule has 0 saturated carbocycles. The van der Waals surface area contributed by atoms with Gasteiger partial charge < -0.3 is 10.1 Å². The van der Waals surface area contributed by atoms with Gasteiger partial charge in [0.05, 0.1) is 23.3 Å². The Hall–Kier alpha value is -3.07. The number of amides is 1. The van der Waals surface area contributed by atoms with Gasteiger partial charge in [-0.15, -0.1) is 17.9 Å². The van der Waals surface area contributed by atoms with Gasteiger partial charge in [0.2, 0.25) is 5.91 Å². The molecule has 33 heavy (non-hydrogen) atoms. The van der Waals surface area contributed by atoms with E-state index in [1.165, 1.54) is 30.2 Å². The highest BCUT2D eigenvalue weighted by molar-refractivity contribution is 7.99. The number of benzene rings is 2. The van der Waals surface area contributed by atoms with Crippen molar-refractivity contribution in [2.75, 3.05) is 18.2 Å². The van der Waals surface area contributed by atoms with E-state index in [0.29, 0.717) is 38.4 Å². The minimum atomic E-state index is -0.239. The predicted molar refractivity (Wildman–Crippen MR) is 137 cm³/mol. The Bertz CT molecular complexity index is 1380. The number of nitrogens with zero attached hydrogens (tertiary/aromatic N) is 2. The summed E-state index contributed by atoms with van der Waals surface area (Å²) in [7, 11) is 1.53. The number of nitrogens with one attached hydrogen (secondary N) is 1. The summed E-state index contributed by atoms with van der Waals surface area (Å²) in [5.74, 6) is 0.369. The molecule has 0 unspecified atom stereocenters. The maximum atomic E-state index is 13.4. The first-order valence-electron chi connectivity index (χ1n) is 9.96. The summed E-state index contributed by atoms with van der Waals surface area (Å²) < 4.78 is 6.68. The number of methoxy groups -OCH3 is 1. The minimum absolute atomic E-state index is 0.0790. The molecule has 4 aromatic rings. The average molecular weight is 498 g/mol. The fourth-order valence-electron chi connectivity index (χ4n) is 3.31. The standard InChI is InChI=1S/C24H20ClN3O3S2/c1-3-11-28-23(30)21-17(15-7-5-4-6-8-15)13-32-22(21)27-24(28)33-14-20(29)26-16-9-10-19(31-2)18(25)12-16/h3-10,12-13H,1,11,14H2,2H3,(H,26,29). The van der Waals surface area contributed by atoms with E-state index in [1.807, 2.05) is 35.7 Å². The molecule has 4 rings (SSSR count). The number of thioether (sulfide) groups is 1. The largest absolute Gasteiger partial charge is 0.495 e. The van der Waals surface area contributed by atoms with E-state index in [-0.39, 0.29) is 17.2 Å². The normalized spacial score (nSPS) is 10.8. The van der Waals surface area contributed by atoms with Gasteiger partial charge in [-0.05, 0) is 23.8 Å². The van der Waals surface area contributed by atoms with Crippen molar-refractivity contribution >= 4 is 56.5 Å². The molecular weight excluding hydrogens is 478 g/mol. The summed E-state index contributed by atoms with van der Waals surface area (Å²) in [6, 6.07) is 14.8. The van der Waals surface area contributed by atoms with Crippen molar-refractivity contribution in [3.05, 3.63) is 81.9 Å². The van der Waals surface area contributed by atoms with Crippen LogP contribution in [0.4, 0.5) is 5.69 Å². The third kappa shape index (κ3) is 4.98. The fourth-order valence-corrected chi connectivity index (χ4v) is 5.36. The van der Waals surface area contributed by atoms with Crippen molar-refractivity contribution in [1.82, 2.24) is 9.55 Å². The zero-order valence-electron chi connectivity index (χ0n) is 17.7. The lowest BCUT2D eigenvalue weighted by Gasteiger charge is -2.11. The van der Waals surface area contributed by atoms with Gasteiger partial charge in [-0.2, -0.15) is 0 Å². The Kier molecular flexibility index (Phi) is 7.17. The van der Waals surface area contributed by atoms with Gasteiger partial charge in [0.25, 0.3) is 5.56 Å². The number of aromatic nitrogens is 2. The highest BCUT2D eigenvalue weighted by Crippen LogP contribution is 2.32. The van der Waals surface area contributed by atoms with Crippen LogP contribution in [0.15, 0.2) is 76.5 Å². The third-order valence-corrected chi connectivity index (χ3v) is 6.97. The van der Waals surface area contributed by atoms with Gasteiger partial charge >= 0.3 is 0 Å². The molecule has 0 fully saturated rings. The van der Waals surface area contributed by atoms with E-state index >= 15 is 0 Å². The van der Waals surface area contributed by atoms with Crippen LogP contribution in [0.2, 0.25) is 5.02 Å². The highest BCUT2D eigenvalue weighted by Gasteiger charge is 2.18. The highest BCUT2D eigenvalue weighted by atomic mass is 35.5. The first-order chi connectivity index (χ1) is 16.0. The summed E-state index contributed by atoms with van der Waals surface area (Å²) in [4.78, 5) is 31.2. The van der Waals surface area contributed by atoms with Crippen molar-refractivity contribution < 1.29 is 9.53 Å². The molecule has 0 radical (unpaired) electrons. The van der Waals surface area contributed by atoms with E-state index in [0.717, 1.165) is 11.1 Å². The second-order valence-corrected chi connectivity index (χ2v) is 9.19. The lowest BCUT2D eigenvalue weighted by Crippen LogP contribution is -2.23. The number of hydrogen-bond donors (Lipinski definition) is 1. The number of halogens is 1. The van der Waals surface area contributed by atoms with Gasteiger partial charge in [-0.25, -0.2) is 4.98 Å². The van der Waals surface area contributed by atoms with Gasteiger partial charge in [0.1, 0.15) is 10.6 Å². The molecule has 0 aliphatic rings. The van der Waals surface area contributed by atoms with Crippen LogP contribution in [0, 0.1) is 0 Å². The lowest BCUT2D eigenvalue weighted by molar-refractivity contribution is -0.113. The average Bonchev–Trinajstić information content (AvgIpc) is 3.25. The molecule has 9 heteroatoms. The SMILES string of the molecule is C=CCn1c(SCC(=O)Nc2ccc(OC)c(Cl)c2)nc2scc(-c3ccccc3)c2c1=O. The smallest absolute Gasteiger partial charge is 0.263 e. The van der Waals surface area contributed by atoms with Crippen LogP contribution in [0.5, 0.6) is 5.75 Å². The molecule has 2 aromatic carbocycles. The maximum absolute atomic E-state index is 13.4. The number of anilines is 1. The van der Waals surface area contributed by atoms with Gasteiger partial charge in [-0.1, -0.05) is 59.8 Å². The summed E-state index contributed by atoms with van der Waals surface area (Å²) in [6.07, 6.45) is 1.65. The van der Waals surface area contributed by atoms with Crippen LogP contribution in [-0.2, 0) is 11.3 Å². The molecule has 2 aromatic heterocycles. The molecule has 168 valence electrons. The van der Waals surface area contributed by atoms with Crippen molar-refractivity contribution in [1.29, 1.82) is 0 Å². The Morgan fingerprint density at radius 1 is 1.30 bits per heavy atom. The van der Waals surface area contributed by atoms with Crippen LogP contribution >= 0.6 is 34.7 Å². The van der Waals surface area contributed by atoms with Gasteiger partial charge in [-0.3, -0.25) is 14.2 Å². The van der Waals surface area contributed by atoms with Crippen LogP contribution in [0.1, 0.15) is 0 Å². The fraction of sp³-hybridized carbons (Fsp3) is 0.125. The molecule has 1 N–H and O–H groups in total. The monoisotopic (exact) mass is 497 g/mol. The molecule has 0 spiro atoms. The van der Waals surface area contributed by atoms with E-state index in [2.05, 4.69) is 11.9 Å². The van der Waals surface area contributed by atoms with Crippen LogP contribution in [0.25, 0.3) is 21.3 Å². The van der Waals surface area contributed by atoms with Crippen LogP contribution < -0.4 is 15.6 Å². The first-order valence-corrected chi connectivity index (χ1v) is 12.2. The molecule has 0 saturated heterocycles. The Morgan fingerprint density at radius 3 is 2.79 bits per heavy atom. The number of hydrogen-bond acceptors (Lipinski definition) is 6. The molecule has 0 atom stereocenters. The quantitative estimate of drug-likeness (QED) is 0.192. The second kappa shape index (κ2) is 10.2. The van der Waals surface area contributed by atoms with Crippen molar-refractivity contribution in [2.24, 2.45) is 0 Å². The number of allylic oxidation sites excluding steroid dienone is 1. The topological polar surface area (TPSA) is 73.2 Å². The number of carbonyl (C=O) groups excluding carboxylic acids is 1. The second-order valence-electron chi connectivity index (χ2n) is 6.98. The van der Waals surface area contributed by atoms with E-state index in [4.69, 9.17) is 21.3 Å². The Morgan fingerprint density at radius 2 is 2.09 bits per heavy atom. The third-order valence-electron chi connectivity index (χ3n) is 4.82. The Balaban J connectivity index is 1.59. The number of fused-ring (bicyclic) bond motifs is 1. The molecule has 1 amide bonds. The molecule has 2 heterocycles. The summed E-state index contributed by atoms with van der Waals surface area (Å²) in [6.45, 7) is 4.06. The van der Waals surface area contributed by atoms with Crippen molar-refractivity contribution in [3.63, 3.8) is 0 Å². The zero-order valence-corrected chi connectivity index (χ0v) is 20.1. The van der Waals surface area contributed by atoms with E-state index in [1.54, 1.807) is 28.8 Å².